The van der Waals surface area contributed by atoms with Gasteiger partial charge in [0.25, 0.3) is 5.91 Å². The lowest BCUT2D eigenvalue weighted by Gasteiger charge is -2.21. The Morgan fingerprint density at radius 3 is 2.76 bits per heavy atom. The van der Waals surface area contributed by atoms with Crippen molar-refractivity contribution in [2.75, 3.05) is 0 Å². The number of aromatic nitrogens is 1. The Hall–Kier alpha value is -1.82. The van der Waals surface area contributed by atoms with E-state index in [2.05, 4.69) is 15.6 Å². The number of nitrogens with zero attached hydrogens (tertiary/aromatic N) is 1. The summed E-state index contributed by atoms with van der Waals surface area (Å²) in [5, 5.41) is 8.62. The molecular weight excluding hydrogens is 361 g/mol. The van der Waals surface area contributed by atoms with Crippen molar-refractivity contribution in [3.8, 4) is 0 Å². The molecule has 2 fully saturated rings. The van der Waals surface area contributed by atoms with E-state index in [9.17, 15) is 4.79 Å². The van der Waals surface area contributed by atoms with Crippen LogP contribution < -0.4 is 10.6 Å². The van der Waals surface area contributed by atoms with Crippen LogP contribution in [0.5, 0.6) is 0 Å². The van der Waals surface area contributed by atoms with Crippen LogP contribution in [0, 0.1) is 0 Å². The van der Waals surface area contributed by atoms with E-state index < -0.39 is 0 Å². The largest absolute Gasteiger partial charge is 0.456 e. The van der Waals surface area contributed by atoms with Crippen LogP contribution in [0.15, 0.2) is 40.9 Å². The zero-order chi connectivity index (χ0) is 15.4. The van der Waals surface area contributed by atoms with E-state index in [1.807, 2.05) is 24.3 Å². The molecule has 1 amide bonds. The summed E-state index contributed by atoms with van der Waals surface area (Å²) in [5.41, 5.74) is 1.94. The van der Waals surface area contributed by atoms with Crippen molar-refractivity contribution < 1.29 is 9.21 Å². The molecule has 0 saturated carbocycles. The van der Waals surface area contributed by atoms with Gasteiger partial charge in [0.15, 0.2) is 0 Å². The van der Waals surface area contributed by atoms with Gasteiger partial charge in [0.05, 0.1) is 0 Å². The molecule has 5 rings (SSSR count). The van der Waals surface area contributed by atoms with Gasteiger partial charge < -0.3 is 15.1 Å². The van der Waals surface area contributed by atoms with Crippen molar-refractivity contribution >= 4 is 52.7 Å². The van der Waals surface area contributed by atoms with Gasteiger partial charge in [-0.3, -0.25) is 9.78 Å². The number of benzene rings is 1. The average molecular weight is 380 g/mol. The Morgan fingerprint density at radius 1 is 1.16 bits per heavy atom. The van der Waals surface area contributed by atoms with Gasteiger partial charge >= 0.3 is 0 Å². The van der Waals surface area contributed by atoms with Crippen LogP contribution >= 0.6 is 24.8 Å². The van der Waals surface area contributed by atoms with Crippen molar-refractivity contribution in [3.05, 3.63) is 42.2 Å². The third-order valence-electron chi connectivity index (χ3n) is 5.11. The number of pyridine rings is 1. The number of halogens is 2. The van der Waals surface area contributed by atoms with Crippen molar-refractivity contribution in [2.24, 2.45) is 0 Å². The van der Waals surface area contributed by atoms with Crippen molar-refractivity contribution in [1.29, 1.82) is 0 Å². The van der Waals surface area contributed by atoms with Crippen LogP contribution in [0.1, 0.15) is 29.8 Å². The molecule has 25 heavy (non-hydrogen) atoms. The third-order valence-corrected chi connectivity index (χ3v) is 5.11. The number of hydrogen-bond donors (Lipinski definition) is 2. The second-order valence-electron chi connectivity index (χ2n) is 6.53. The number of furan rings is 1. The van der Waals surface area contributed by atoms with Gasteiger partial charge in [-0.05, 0) is 25.3 Å². The van der Waals surface area contributed by atoms with Gasteiger partial charge in [0.1, 0.15) is 16.9 Å². The van der Waals surface area contributed by atoms with Crippen LogP contribution in [-0.2, 0) is 0 Å². The highest BCUT2D eigenvalue weighted by Crippen LogP contribution is 2.30. The molecule has 0 spiro atoms. The molecule has 5 nitrogen and oxygen atoms in total. The fourth-order valence-corrected chi connectivity index (χ4v) is 3.97. The minimum absolute atomic E-state index is 0. The van der Waals surface area contributed by atoms with Crippen molar-refractivity contribution in [1.82, 2.24) is 15.6 Å². The molecule has 2 aliphatic rings. The molecule has 7 heteroatoms. The number of para-hydroxylation sites is 1. The predicted molar refractivity (Wildman–Crippen MR) is 102 cm³/mol. The van der Waals surface area contributed by atoms with Gasteiger partial charge in [-0.25, -0.2) is 0 Å². The van der Waals surface area contributed by atoms with Crippen LogP contribution in [0.3, 0.4) is 0 Å². The average Bonchev–Trinajstić information content (AvgIpc) is 3.27. The molecule has 3 atom stereocenters. The van der Waals surface area contributed by atoms with Gasteiger partial charge in [-0.2, -0.15) is 0 Å². The van der Waals surface area contributed by atoms with Crippen LogP contribution in [0.4, 0.5) is 0 Å². The fraction of sp³-hybridized carbons (Fsp3) is 0.333. The van der Waals surface area contributed by atoms with E-state index in [1.54, 1.807) is 12.3 Å². The van der Waals surface area contributed by atoms with Crippen molar-refractivity contribution in [2.45, 2.75) is 37.4 Å². The molecule has 4 heterocycles. The van der Waals surface area contributed by atoms with Crippen LogP contribution in [0.25, 0.3) is 21.9 Å². The number of carbonyl (C=O) groups excluding carboxylic acids is 1. The summed E-state index contributed by atoms with van der Waals surface area (Å²) in [5.74, 6) is -0.119. The highest BCUT2D eigenvalue weighted by atomic mass is 35.5. The fourth-order valence-electron chi connectivity index (χ4n) is 3.97. The third kappa shape index (κ3) is 2.97. The molecule has 0 aliphatic carbocycles. The second-order valence-corrected chi connectivity index (χ2v) is 6.53. The Bertz CT molecular complexity index is 927. The Morgan fingerprint density at radius 2 is 2.00 bits per heavy atom. The summed E-state index contributed by atoms with van der Waals surface area (Å²) in [6.07, 6.45) is 5.12. The SMILES string of the molecule is Cl.Cl.O=C(N[C@@H]1C[C@H]2CC[C@@H]1N2)c1cc2oc3ccccc3c2cn1. The zero-order valence-electron chi connectivity index (χ0n) is 13.4. The number of rotatable bonds is 2. The first-order chi connectivity index (χ1) is 11.3. The smallest absolute Gasteiger partial charge is 0.270 e. The summed E-state index contributed by atoms with van der Waals surface area (Å²) < 4.78 is 5.83. The highest BCUT2D eigenvalue weighted by molar-refractivity contribution is 6.06. The molecule has 2 saturated heterocycles. The molecule has 0 radical (unpaired) electrons. The topological polar surface area (TPSA) is 67.2 Å². The summed E-state index contributed by atoms with van der Waals surface area (Å²) in [4.78, 5) is 16.8. The first-order valence-electron chi connectivity index (χ1n) is 8.12. The molecule has 0 unspecified atom stereocenters. The Kier molecular flexibility index (Phi) is 4.91. The first kappa shape index (κ1) is 18.0. The lowest BCUT2D eigenvalue weighted by molar-refractivity contribution is 0.0926. The standard InChI is InChI=1S/C18H17N3O2.2ClH/c22-18(21-14-7-10-5-6-13(14)20-10)15-8-17-12(9-19-15)11-3-1-2-4-16(11)23-17;;/h1-4,8-10,13-14,20H,5-7H2,(H,21,22);2*1H/t10-,13+,14-;;/m1../s1. The maximum atomic E-state index is 12.5. The van der Waals surface area contributed by atoms with E-state index in [0.29, 0.717) is 23.4 Å². The Labute approximate surface area is 157 Å². The van der Waals surface area contributed by atoms with Gasteiger partial charge in [0.2, 0.25) is 0 Å². The molecule has 2 bridgehead atoms. The number of hydrogen-bond acceptors (Lipinski definition) is 4. The van der Waals surface area contributed by atoms with Crippen molar-refractivity contribution in [3.63, 3.8) is 0 Å². The lowest BCUT2D eigenvalue weighted by Crippen LogP contribution is -2.43. The van der Waals surface area contributed by atoms with Crippen LogP contribution in [-0.4, -0.2) is 29.0 Å². The van der Waals surface area contributed by atoms with Gasteiger partial charge in [0, 0.05) is 41.2 Å². The molecule has 1 aromatic carbocycles. The van der Waals surface area contributed by atoms with Crippen LogP contribution in [0.2, 0.25) is 0 Å². The van der Waals surface area contributed by atoms with Gasteiger partial charge in [-0.1, -0.05) is 18.2 Å². The first-order valence-corrected chi connectivity index (χ1v) is 8.12. The zero-order valence-corrected chi connectivity index (χ0v) is 15.0. The molecule has 2 aliphatic heterocycles. The minimum atomic E-state index is -0.119. The number of nitrogens with one attached hydrogen (secondary N) is 2. The highest BCUT2D eigenvalue weighted by Gasteiger charge is 2.39. The van der Waals surface area contributed by atoms with Gasteiger partial charge in [-0.15, -0.1) is 24.8 Å². The maximum absolute atomic E-state index is 12.5. The number of fused-ring (bicyclic) bond motifs is 5. The molecule has 3 aromatic rings. The second kappa shape index (κ2) is 6.83. The quantitative estimate of drug-likeness (QED) is 0.715. The normalized spacial score (nSPS) is 24.1. The predicted octanol–water partition coefficient (Wildman–Crippen LogP) is 3.45. The summed E-state index contributed by atoms with van der Waals surface area (Å²) in [7, 11) is 0. The number of carbonyl (C=O) groups is 1. The molecule has 2 N–H and O–H groups in total. The summed E-state index contributed by atoms with van der Waals surface area (Å²) >= 11 is 0. The van der Waals surface area contributed by atoms with E-state index in [0.717, 1.165) is 29.2 Å². The van der Waals surface area contributed by atoms with E-state index >= 15 is 0 Å². The van der Waals surface area contributed by atoms with E-state index in [4.69, 9.17) is 4.42 Å². The molecule has 132 valence electrons. The molecular formula is C18H19Cl2N3O2. The maximum Gasteiger partial charge on any atom is 0.270 e. The summed E-state index contributed by atoms with van der Waals surface area (Å²) in [6, 6.07) is 10.8. The Balaban J connectivity index is 0.000000911. The molecule has 2 aromatic heterocycles. The minimum Gasteiger partial charge on any atom is -0.456 e. The number of amides is 1. The van der Waals surface area contributed by atoms with E-state index in [-0.39, 0.29) is 36.8 Å². The monoisotopic (exact) mass is 379 g/mol. The lowest BCUT2D eigenvalue weighted by atomic mass is 9.95. The summed E-state index contributed by atoms with van der Waals surface area (Å²) in [6.45, 7) is 0. The van der Waals surface area contributed by atoms with E-state index in [1.165, 1.54) is 6.42 Å².